The number of esters is 5. The zero-order chi connectivity index (χ0) is 26.2. The summed E-state index contributed by atoms with van der Waals surface area (Å²) < 4.78 is 31.3. The van der Waals surface area contributed by atoms with E-state index in [1.165, 1.54) is 14.0 Å². The van der Waals surface area contributed by atoms with Crippen LogP contribution in [0.5, 0.6) is 0 Å². The van der Waals surface area contributed by atoms with Crippen LogP contribution in [-0.2, 0) is 57.2 Å². The van der Waals surface area contributed by atoms with Gasteiger partial charge in [0, 0.05) is 47.7 Å². The van der Waals surface area contributed by atoms with Gasteiger partial charge in [0.1, 0.15) is 18.8 Å². The molecule has 0 unspecified atom stereocenters. The number of carbonyl (C=O) groups is 6. The van der Waals surface area contributed by atoms with Gasteiger partial charge in [0.15, 0.2) is 18.3 Å². The summed E-state index contributed by atoms with van der Waals surface area (Å²) in [6.07, 6.45) is -4.46. The Balaban J connectivity index is 3.69. The minimum atomic E-state index is -1.51. The third-order valence-electron chi connectivity index (χ3n) is 4.64. The number of methoxy groups -OCH3 is 1. The van der Waals surface area contributed by atoms with E-state index in [0.717, 1.165) is 45.8 Å². The molecule has 13 nitrogen and oxygen atoms in total. The minimum Gasteiger partial charge on any atom is -0.477 e. The highest BCUT2D eigenvalue weighted by molar-refractivity contribution is 5.86. The summed E-state index contributed by atoms with van der Waals surface area (Å²) in [7, 11) is 2.46. The molecule has 5 atom stereocenters. The summed E-state index contributed by atoms with van der Waals surface area (Å²) in [5.41, 5.74) is 0. The number of nitrogens with zero attached hydrogens (tertiary/aromatic N) is 1. The van der Waals surface area contributed by atoms with E-state index in [1.54, 1.807) is 0 Å². The average Bonchev–Trinajstić information content (AvgIpc) is 2.72. The van der Waals surface area contributed by atoms with E-state index in [2.05, 4.69) is 4.74 Å². The van der Waals surface area contributed by atoms with Gasteiger partial charge in [-0.15, -0.1) is 0 Å². The summed E-state index contributed by atoms with van der Waals surface area (Å²) in [5, 5.41) is 0. The Bertz CT molecular complexity index is 851. The fraction of sp³-hybridized carbons (Fsp3) is 0.619. The highest BCUT2D eigenvalue weighted by atomic mass is 16.6. The topological polar surface area (TPSA) is 161 Å². The van der Waals surface area contributed by atoms with Gasteiger partial charge >= 0.3 is 29.8 Å². The molecule has 0 aromatic rings. The van der Waals surface area contributed by atoms with Crippen molar-refractivity contribution >= 4 is 35.8 Å². The molecule has 0 radical (unpaired) electrons. The van der Waals surface area contributed by atoms with Crippen LogP contribution in [0.3, 0.4) is 0 Å². The first kappa shape index (κ1) is 28.4. The van der Waals surface area contributed by atoms with Gasteiger partial charge in [-0.3, -0.25) is 24.0 Å². The Morgan fingerprint density at radius 1 is 0.941 bits per heavy atom. The van der Waals surface area contributed by atoms with Crippen LogP contribution in [0.1, 0.15) is 34.6 Å². The molecule has 0 aromatic heterocycles. The van der Waals surface area contributed by atoms with Crippen molar-refractivity contribution in [2.24, 2.45) is 0 Å². The third-order valence-corrected chi connectivity index (χ3v) is 4.64. The van der Waals surface area contributed by atoms with Crippen LogP contribution in [-0.4, -0.2) is 91.9 Å². The van der Waals surface area contributed by atoms with Crippen LogP contribution in [0, 0.1) is 0 Å². The van der Waals surface area contributed by atoms with E-state index in [1.807, 2.05) is 0 Å². The van der Waals surface area contributed by atoms with Crippen molar-refractivity contribution in [2.45, 2.75) is 65.1 Å². The normalized spacial score (nSPS) is 20.9. The molecule has 0 fully saturated rings. The summed E-state index contributed by atoms with van der Waals surface area (Å²) in [6.45, 7) is 5.06. The van der Waals surface area contributed by atoms with E-state index in [9.17, 15) is 28.8 Å². The van der Waals surface area contributed by atoms with Gasteiger partial charge in [-0.25, -0.2) is 4.79 Å². The number of amides is 1. The zero-order valence-corrected chi connectivity index (χ0v) is 20.0. The van der Waals surface area contributed by atoms with E-state index >= 15 is 0 Å². The van der Waals surface area contributed by atoms with Gasteiger partial charge in [0.2, 0.25) is 11.7 Å². The Morgan fingerprint density at radius 3 is 1.97 bits per heavy atom. The molecule has 13 heteroatoms. The Hall–Kier alpha value is -3.64. The van der Waals surface area contributed by atoms with Gasteiger partial charge in [-0.1, -0.05) is 0 Å². The van der Waals surface area contributed by atoms with Crippen molar-refractivity contribution in [3.8, 4) is 0 Å². The van der Waals surface area contributed by atoms with Crippen molar-refractivity contribution in [1.82, 2.24) is 4.90 Å². The predicted octanol–water partition coefficient (Wildman–Crippen LogP) is -0.353. The summed E-state index contributed by atoms with van der Waals surface area (Å²) in [4.78, 5) is 72.6. The molecule has 1 rings (SSSR count). The first-order valence-corrected chi connectivity index (χ1v) is 10.1. The van der Waals surface area contributed by atoms with Gasteiger partial charge in [-0.05, 0) is 0 Å². The molecule has 0 aromatic carbocycles. The number of rotatable bonds is 9. The van der Waals surface area contributed by atoms with E-state index in [-0.39, 0.29) is 0 Å². The van der Waals surface area contributed by atoms with Crippen molar-refractivity contribution < 1.29 is 57.2 Å². The van der Waals surface area contributed by atoms with Crippen molar-refractivity contribution in [3.63, 3.8) is 0 Å². The van der Waals surface area contributed by atoms with Crippen LogP contribution in [0.15, 0.2) is 11.8 Å². The second-order valence-corrected chi connectivity index (χ2v) is 7.32. The predicted molar refractivity (Wildman–Crippen MR) is 110 cm³/mol. The average molecular weight is 487 g/mol. The summed E-state index contributed by atoms with van der Waals surface area (Å²) in [6, 6.07) is -1.16. The lowest BCUT2D eigenvalue weighted by molar-refractivity contribution is -0.197. The SMILES string of the molecule is COC(=O)C1=C[C@H](OC(C)=O)[C@@H](N(C)C(C)=O)[C@H]([C@@H](OC(C)=O)[C@H](COC(C)=O)OC(C)=O)O1. The van der Waals surface area contributed by atoms with Crippen molar-refractivity contribution in [2.75, 3.05) is 20.8 Å². The first-order chi connectivity index (χ1) is 15.8. The second kappa shape index (κ2) is 12.6. The Morgan fingerprint density at radius 2 is 1.53 bits per heavy atom. The lowest BCUT2D eigenvalue weighted by Crippen LogP contribution is -2.62. The van der Waals surface area contributed by atoms with E-state index in [0.29, 0.717) is 0 Å². The van der Waals surface area contributed by atoms with Crippen molar-refractivity contribution in [3.05, 3.63) is 11.8 Å². The minimum absolute atomic E-state index is 0.404. The molecular weight excluding hydrogens is 458 g/mol. The molecule has 0 saturated carbocycles. The van der Waals surface area contributed by atoms with Crippen LogP contribution >= 0.6 is 0 Å². The largest absolute Gasteiger partial charge is 0.477 e. The maximum Gasteiger partial charge on any atom is 0.373 e. The van der Waals surface area contributed by atoms with Crippen molar-refractivity contribution in [1.29, 1.82) is 0 Å². The molecule has 0 saturated heterocycles. The molecular formula is C21H29NO12. The van der Waals surface area contributed by atoms with Crippen LogP contribution in [0.4, 0.5) is 0 Å². The van der Waals surface area contributed by atoms with E-state index in [4.69, 9.17) is 23.7 Å². The molecule has 1 aliphatic rings. The molecule has 1 heterocycles. The smallest absolute Gasteiger partial charge is 0.373 e. The quantitative estimate of drug-likeness (QED) is 0.307. The summed E-state index contributed by atoms with van der Waals surface area (Å²) in [5.74, 6) is -4.94. The number of hydrogen-bond acceptors (Lipinski definition) is 12. The molecule has 0 aliphatic carbocycles. The standard InChI is InChI=1S/C21H29NO12/c1-10(23)22(6)18-15(31-12(3)25)8-16(21(28)29-7)34-20(18)19(33-14(5)27)17(32-13(4)26)9-30-11(2)24/h8,15,17-20H,9H2,1-7H3/t15-,17-,18+,19-,20+/m0/s1. The van der Waals surface area contributed by atoms with Crippen LogP contribution in [0.2, 0.25) is 0 Å². The highest BCUT2D eigenvalue weighted by Crippen LogP contribution is 2.30. The fourth-order valence-corrected chi connectivity index (χ4v) is 3.27. The number of likely N-dealkylation sites (N-methyl/N-ethyl adjacent to an activating group) is 1. The van der Waals surface area contributed by atoms with E-state index < -0.39 is 78.6 Å². The second-order valence-electron chi connectivity index (χ2n) is 7.32. The first-order valence-electron chi connectivity index (χ1n) is 10.1. The van der Waals surface area contributed by atoms with Gasteiger partial charge < -0.3 is 33.3 Å². The number of carbonyl (C=O) groups excluding carboxylic acids is 6. The lowest BCUT2D eigenvalue weighted by atomic mass is 9.92. The Labute approximate surface area is 196 Å². The van der Waals surface area contributed by atoms with Gasteiger partial charge in [0.05, 0.1) is 7.11 Å². The zero-order valence-electron chi connectivity index (χ0n) is 20.0. The summed E-state index contributed by atoms with van der Waals surface area (Å²) >= 11 is 0. The molecule has 0 N–H and O–H groups in total. The fourth-order valence-electron chi connectivity index (χ4n) is 3.27. The maximum absolute atomic E-state index is 12.3. The molecule has 34 heavy (non-hydrogen) atoms. The Kier molecular flexibility index (Phi) is 10.5. The van der Waals surface area contributed by atoms with Gasteiger partial charge in [-0.2, -0.15) is 0 Å². The monoisotopic (exact) mass is 487 g/mol. The number of ether oxygens (including phenoxy) is 6. The molecule has 1 aliphatic heterocycles. The third kappa shape index (κ3) is 8.05. The van der Waals surface area contributed by atoms with Crippen LogP contribution < -0.4 is 0 Å². The molecule has 190 valence electrons. The van der Waals surface area contributed by atoms with Gasteiger partial charge in [0.25, 0.3) is 0 Å². The van der Waals surface area contributed by atoms with Crippen LogP contribution in [0.25, 0.3) is 0 Å². The lowest BCUT2D eigenvalue weighted by Gasteiger charge is -2.44. The maximum atomic E-state index is 12.3. The number of hydrogen-bond donors (Lipinski definition) is 0. The molecule has 0 bridgehead atoms. The highest BCUT2D eigenvalue weighted by Gasteiger charge is 2.50. The molecule has 0 spiro atoms. The molecule has 1 amide bonds.